The molecule has 106 valence electrons. The number of Topliss-reactive ketones (excluding diaryl/α,β-unsaturated/α-hetero) is 1. The topological polar surface area (TPSA) is 114 Å². The smallest absolute Gasteiger partial charge is 0.278 e. The molecule has 4 N–H and O–H groups in total. The Labute approximate surface area is 116 Å². The highest BCUT2D eigenvalue weighted by molar-refractivity contribution is 6.42. The molecule has 0 radical (unpaired) electrons. The summed E-state index contributed by atoms with van der Waals surface area (Å²) in [4.78, 5) is 33.7. The van der Waals surface area contributed by atoms with Gasteiger partial charge in [0.05, 0.1) is 17.0 Å². The van der Waals surface area contributed by atoms with Crippen LogP contribution < -0.4 is 16.2 Å². The molecule has 2 unspecified atom stereocenters. The molecule has 0 aliphatic heterocycles. The number of halogens is 1. The number of hydrogen-bond acceptors (Lipinski definition) is 4. The minimum Gasteiger partial charge on any atom is -0.548 e. The molecule has 6 nitrogen and oxygen atoms in total. The fourth-order valence-corrected chi connectivity index (χ4v) is 2.11. The molecule has 1 amide bonds. The van der Waals surface area contributed by atoms with Crippen LogP contribution >= 0.6 is 11.6 Å². The number of ketones is 1. The number of carboxylic acid groups (broad SMARTS) is 1. The van der Waals surface area contributed by atoms with Gasteiger partial charge in [-0.15, -0.1) is 0 Å². The van der Waals surface area contributed by atoms with E-state index in [9.17, 15) is 19.5 Å². The first-order valence-corrected chi connectivity index (χ1v) is 6.44. The largest absolute Gasteiger partial charge is 0.548 e. The van der Waals surface area contributed by atoms with Crippen LogP contribution in [0.3, 0.4) is 0 Å². The van der Waals surface area contributed by atoms with Crippen LogP contribution in [0.1, 0.15) is 26.2 Å². The van der Waals surface area contributed by atoms with Gasteiger partial charge in [-0.3, -0.25) is 9.59 Å². The second-order valence-electron chi connectivity index (χ2n) is 4.75. The number of carbonyl (C=O) groups is 3. The van der Waals surface area contributed by atoms with Crippen molar-refractivity contribution in [3.8, 4) is 0 Å². The molecule has 0 aromatic carbocycles. The van der Waals surface area contributed by atoms with Crippen molar-refractivity contribution in [3.05, 3.63) is 11.1 Å². The number of amides is 1. The molecule has 3 atom stereocenters. The zero-order chi connectivity index (χ0) is 14.6. The summed E-state index contributed by atoms with van der Waals surface area (Å²) in [7, 11) is 0. The molecular weight excluding hydrogens is 272 g/mol. The molecule has 19 heavy (non-hydrogen) atoms. The summed E-state index contributed by atoms with van der Waals surface area (Å²) in [5, 5.41) is 13.5. The lowest BCUT2D eigenvalue weighted by Crippen LogP contribution is -2.67. The average molecular weight is 289 g/mol. The van der Waals surface area contributed by atoms with E-state index in [-0.39, 0.29) is 23.2 Å². The quantitative estimate of drug-likeness (QED) is 0.630. The lowest BCUT2D eigenvalue weighted by Gasteiger charge is -2.25. The standard InChI is InChI=1S/C12H17ClN2O4/c1-6(14)11(17)15-9(12(18)19)5-7-2-3-10(16)8(13)4-7/h4,6-7,9H,2-3,5,14H2,1H3,(H,15,17)(H,18,19)/t6?,7-,9?/m0/s1. The highest BCUT2D eigenvalue weighted by atomic mass is 35.5. The summed E-state index contributed by atoms with van der Waals surface area (Å²) in [5.74, 6) is -2.10. The lowest BCUT2D eigenvalue weighted by atomic mass is 9.89. The van der Waals surface area contributed by atoms with Crippen molar-refractivity contribution in [3.63, 3.8) is 0 Å². The highest BCUT2D eigenvalue weighted by Crippen LogP contribution is 2.25. The third-order valence-corrected chi connectivity index (χ3v) is 3.31. The van der Waals surface area contributed by atoms with Crippen LogP contribution in [0.2, 0.25) is 0 Å². The molecule has 0 aromatic rings. The summed E-state index contributed by atoms with van der Waals surface area (Å²) in [6.07, 6.45) is 2.52. The summed E-state index contributed by atoms with van der Waals surface area (Å²) in [6.45, 7) is 1.57. The van der Waals surface area contributed by atoms with Gasteiger partial charge in [0.1, 0.15) is 0 Å². The number of nitrogens with one attached hydrogen (secondary N) is 1. The SMILES string of the molecule is CC([NH3+])C(=O)NC(C[C@@H]1C=C(Cl)C(=O)CC1)C(=O)[O-]. The Balaban J connectivity index is 2.67. The zero-order valence-electron chi connectivity index (χ0n) is 10.6. The van der Waals surface area contributed by atoms with E-state index in [0.717, 1.165) is 0 Å². The maximum absolute atomic E-state index is 11.5. The van der Waals surface area contributed by atoms with Gasteiger partial charge in [-0.1, -0.05) is 17.7 Å². The van der Waals surface area contributed by atoms with E-state index < -0.39 is 24.0 Å². The fraction of sp³-hybridized carbons (Fsp3) is 0.583. The first-order chi connectivity index (χ1) is 8.81. The number of aliphatic carboxylic acids is 1. The minimum atomic E-state index is -1.35. The number of rotatable bonds is 5. The van der Waals surface area contributed by atoms with Gasteiger partial charge in [-0.2, -0.15) is 0 Å². The Morgan fingerprint density at radius 2 is 2.26 bits per heavy atom. The van der Waals surface area contributed by atoms with Crippen LogP contribution in [0, 0.1) is 5.92 Å². The maximum atomic E-state index is 11.5. The van der Waals surface area contributed by atoms with Crippen LogP contribution in [0.15, 0.2) is 11.1 Å². The molecular formula is C12H17ClN2O4. The van der Waals surface area contributed by atoms with Gasteiger partial charge in [-0.25, -0.2) is 0 Å². The van der Waals surface area contributed by atoms with Crippen molar-refractivity contribution >= 4 is 29.3 Å². The lowest BCUT2D eigenvalue weighted by molar-refractivity contribution is -0.398. The van der Waals surface area contributed by atoms with Gasteiger partial charge in [0.2, 0.25) is 0 Å². The van der Waals surface area contributed by atoms with Crippen molar-refractivity contribution in [2.24, 2.45) is 5.92 Å². The van der Waals surface area contributed by atoms with E-state index in [2.05, 4.69) is 11.1 Å². The number of carbonyl (C=O) groups excluding carboxylic acids is 3. The molecule has 0 fully saturated rings. The second-order valence-corrected chi connectivity index (χ2v) is 5.16. The molecule has 0 aromatic heterocycles. The van der Waals surface area contributed by atoms with Gasteiger partial charge in [0.15, 0.2) is 11.8 Å². The van der Waals surface area contributed by atoms with Crippen LogP contribution in [0.25, 0.3) is 0 Å². The Kier molecular flexibility index (Phi) is 5.50. The molecule has 0 saturated carbocycles. The Hall–Kier alpha value is -1.40. The van der Waals surface area contributed by atoms with Crippen LogP contribution in [0.4, 0.5) is 0 Å². The Bertz CT molecular complexity index is 420. The van der Waals surface area contributed by atoms with Gasteiger partial charge in [0, 0.05) is 6.42 Å². The molecule has 0 heterocycles. The summed E-state index contributed by atoms with van der Waals surface area (Å²) in [5.41, 5.74) is 3.52. The first kappa shape index (κ1) is 15.7. The highest BCUT2D eigenvalue weighted by Gasteiger charge is 2.25. The van der Waals surface area contributed by atoms with E-state index in [0.29, 0.717) is 12.8 Å². The summed E-state index contributed by atoms with van der Waals surface area (Å²) >= 11 is 5.73. The summed E-state index contributed by atoms with van der Waals surface area (Å²) < 4.78 is 0. The van der Waals surface area contributed by atoms with E-state index in [1.807, 2.05) is 0 Å². The number of carboxylic acids is 1. The zero-order valence-corrected chi connectivity index (χ0v) is 11.4. The molecule has 1 rings (SSSR count). The van der Waals surface area contributed by atoms with Gasteiger partial charge >= 0.3 is 0 Å². The van der Waals surface area contributed by atoms with Gasteiger partial charge in [0.25, 0.3) is 5.91 Å². The van der Waals surface area contributed by atoms with Crippen molar-refractivity contribution in [2.75, 3.05) is 0 Å². The van der Waals surface area contributed by atoms with Crippen molar-refractivity contribution < 1.29 is 25.2 Å². The van der Waals surface area contributed by atoms with Crippen molar-refractivity contribution in [2.45, 2.75) is 38.3 Å². The van der Waals surface area contributed by atoms with E-state index >= 15 is 0 Å². The van der Waals surface area contributed by atoms with Gasteiger partial charge in [-0.05, 0) is 25.7 Å². The number of hydrogen-bond donors (Lipinski definition) is 2. The van der Waals surface area contributed by atoms with Gasteiger partial charge < -0.3 is 21.0 Å². The van der Waals surface area contributed by atoms with E-state index in [1.165, 1.54) is 0 Å². The molecule has 7 heteroatoms. The van der Waals surface area contributed by atoms with E-state index in [1.54, 1.807) is 13.0 Å². The van der Waals surface area contributed by atoms with Crippen LogP contribution in [-0.2, 0) is 14.4 Å². The molecule has 0 saturated heterocycles. The Morgan fingerprint density at radius 3 is 2.74 bits per heavy atom. The predicted octanol–water partition coefficient (Wildman–Crippen LogP) is -1.66. The fourth-order valence-electron chi connectivity index (χ4n) is 1.84. The third kappa shape index (κ3) is 4.65. The first-order valence-electron chi connectivity index (χ1n) is 6.06. The number of allylic oxidation sites excluding steroid dienone is 2. The second kappa shape index (κ2) is 6.68. The minimum absolute atomic E-state index is 0.130. The Morgan fingerprint density at radius 1 is 1.63 bits per heavy atom. The third-order valence-electron chi connectivity index (χ3n) is 2.98. The van der Waals surface area contributed by atoms with Crippen LogP contribution in [0.5, 0.6) is 0 Å². The molecule has 0 spiro atoms. The van der Waals surface area contributed by atoms with E-state index in [4.69, 9.17) is 11.6 Å². The monoisotopic (exact) mass is 288 g/mol. The number of quaternary nitrogens is 1. The predicted molar refractivity (Wildman–Crippen MR) is 65.6 cm³/mol. The maximum Gasteiger partial charge on any atom is 0.278 e. The molecule has 0 bridgehead atoms. The average Bonchev–Trinajstić information content (AvgIpc) is 2.32. The normalized spacial score (nSPS) is 22.4. The molecule has 1 aliphatic carbocycles. The van der Waals surface area contributed by atoms with Crippen molar-refractivity contribution in [1.82, 2.24) is 5.32 Å². The van der Waals surface area contributed by atoms with Crippen molar-refractivity contribution in [1.29, 1.82) is 0 Å². The van der Waals surface area contributed by atoms with Crippen LogP contribution in [-0.4, -0.2) is 29.7 Å². The summed E-state index contributed by atoms with van der Waals surface area (Å²) in [6, 6.07) is -1.65. The molecule has 1 aliphatic rings.